The normalized spacial score (nSPS) is 10.8. The zero-order valence-corrected chi connectivity index (χ0v) is 15.0. The fourth-order valence-electron chi connectivity index (χ4n) is 2.41. The predicted octanol–water partition coefficient (Wildman–Crippen LogP) is 5.24. The Bertz CT molecular complexity index is 911. The highest BCUT2D eigenvalue weighted by molar-refractivity contribution is 8.00. The van der Waals surface area contributed by atoms with E-state index in [1.54, 1.807) is 12.1 Å². The number of aryl methyl sites for hydroxylation is 2. The van der Waals surface area contributed by atoms with Gasteiger partial charge in [0.25, 0.3) is 0 Å². The maximum Gasteiger partial charge on any atom is 0.234 e. The summed E-state index contributed by atoms with van der Waals surface area (Å²) in [5.74, 6) is 0.189. The van der Waals surface area contributed by atoms with E-state index >= 15 is 0 Å². The third kappa shape index (κ3) is 3.89. The largest absolute Gasteiger partial charge is 0.324 e. The van der Waals surface area contributed by atoms with Gasteiger partial charge in [0.1, 0.15) is 5.03 Å². The van der Waals surface area contributed by atoms with Crippen LogP contribution < -0.4 is 5.32 Å². The molecule has 3 nitrogen and oxygen atoms in total. The molecule has 1 aromatic heterocycles. The van der Waals surface area contributed by atoms with Crippen molar-refractivity contribution >= 4 is 45.9 Å². The zero-order chi connectivity index (χ0) is 17.1. The van der Waals surface area contributed by atoms with Gasteiger partial charge in [0.15, 0.2) is 0 Å². The number of carbonyl (C=O) groups excluding carboxylic acids is 1. The quantitative estimate of drug-likeness (QED) is 0.650. The van der Waals surface area contributed by atoms with Crippen molar-refractivity contribution in [3.8, 4) is 0 Å². The second kappa shape index (κ2) is 7.24. The number of hydrogen-bond donors (Lipinski definition) is 1. The van der Waals surface area contributed by atoms with Crippen molar-refractivity contribution in [3.63, 3.8) is 0 Å². The number of anilines is 1. The SMILES string of the molecule is Cc1ccc2nc(SCC(=O)Nc3ccccc3Cl)c(C)cc2c1. The number of thioether (sulfide) groups is 1. The van der Waals surface area contributed by atoms with Crippen molar-refractivity contribution in [3.05, 3.63) is 64.7 Å². The van der Waals surface area contributed by atoms with Crippen molar-refractivity contribution in [1.29, 1.82) is 0 Å². The van der Waals surface area contributed by atoms with Crippen molar-refractivity contribution in [2.75, 3.05) is 11.1 Å². The first-order valence-corrected chi connectivity index (χ1v) is 8.94. The Morgan fingerprint density at radius 3 is 2.75 bits per heavy atom. The molecule has 0 atom stereocenters. The molecule has 0 saturated carbocycles. The van der Waals surface area contributed by atoms with Gasteiger partial charge in [-0.25, -0.2) is 4.98 Å². The number of carbonyl (C=O) groups is 1. The molecule has 5 heteroatoms. The number of nitrogens with zero attached hydrogens (tertiary/aromatic N) is 1. The number of hydrogen-bond acceptors (Lipinski definition) is 3. The number of aromatic nitrogens is 1. The molecule has 0 aliphatic carbocycles. The number of benzene rings is 2. The van der Waals surface area contributed by atoms with Gasteiger partial charge in [-0.2, -0.15) is 0 Å². The van der Waals surface area contributed by atoms with E-state index in [2.05, 4.69) is 29.4 Å². The number of fused-ring (bicyclic) bond motifs is 1. The molecular formula is C19H17ClN2OS. The van der Waals surface area contributed by atoms with E-state index in [4.69, 9.17) is 11.6 Å². The van der Waals surface area contributed by atoms with Crippen LogP contribution in [0, 0.1) is 13.8 Å². The number of halogens is 1. The molecule has 0 aliphatic heterocycles. The van der Waals surface area contributed by atoms with Crippen molar-refractivity contribution < 1.29 is 4.79 Å². The van der Waals surface area contributed by atoms with E-state index in [1.165, 1.54) is 17.3 Å². The standard InChI is InChI=1S/C19H17ClN2OS/c1-12-7-8-16-14(9-12)10-13(2)19(22-16)24-11-18(23)21-17-6-4-3-5-15(17)20/h3-10H,11H2,1-2H3,(H,21,23). The molecule has 1 N–H and O–H groups in total. The van der Waals surface area contributed by atoms with Gasteiger partial charge in [-0.15, -0.1) is 0 Å². The first-order valence-electron chi connectivity index (χ1n) is 7.58. The van der Waals surface area contributed by atoms with Crippen LogP contribution in [-0.4, -0.2) is 16.6 Å². The van der Waals surface area contributed by atoms with Crippen molar-refractivity contribution in [2.24, 2.45) is 0 Å². The van der Waals surface area contributed by atoms with Crippen LogP contribution in [0.15, 0.2) is 53.6 Å². The highest BCUT2D eigenvalue weighted by Crippen LogP contribution is 2.26. The van der Waals surface area contributed by atoms with Crippen LogP contribution in [0.25, 0.3) is 10.9 Å². The Hall–Kier alpha value is -2.04. The van der Waals surface area contributed by atoms with Crippen LogP contribution in [0.5, 0.6) is 0 Å². The molecule has 0 aliphatic rings. The summed E-state index contributed by atoms with van der Waals surface area (Å²) in [6.45, 7) is 4.08. The topological polar surface area (TPSA) is 42.0 Å². The maximum atomic E-state index is 12.1. The summed E-state index contributed by atoms with van der Waals surface area (Å²) in [6.07, 6.45) is 0. The van der Waals surface area contributed by atoms with Gasteiger partial charge < -0.3 is 5.32 Å². The molecule has 3 rings (SSSR count). The van der Waals surface area contributed by atoms with Crippen LogP contribution in [0.2, 0.25) is 5.02 Å². The Morgan fingerprint density at radius 1 is 1.17 bits per heavy atom. The van der Waals surface area contributed by atoms with E-state index in [-0.39, 0.29) is 11.7 Å². The lowest BCUT2D eigenvalue weighted by molar-refractivity contribution is -0.113. The molecule has 0 unspecified atom stereocenters. The molecule has 1 amide bonds. The molecule has 122 valence electrons. The summed E-state index contributed by atoms with van der Waals surface area (Å²) >= 11 is 7.49. The number of amides is 1. The number of para-hydroxylation sites is 1. The first-order chi connectivity index (χ1) is 11.5. The predicted molar refractivity (Wildman–Crippen MR) is 102 cm³/mol. The van der Waals surface area contributed by atoms with Crippen LogP contribution >= 0.6 is 23.4 Å². The second-order valence-corrected chi connectivity index (χ2v) is 6.99. The van der Waals surface area contributed by atoms with Gasteiger partial charge in [-0.3, -0.25) is 4.79 Å². The molecule has 24 heavy (non-hydrogen) atoms. The van der Waals surface area contributed by atoms with Crippen LogP contribution in [0.3, 0.4) is 0 Å². The molecule has 0 bridgehead atoms. The van der Waals surface area contributed by atoms with Crippen molar-refractivity contribution in [1.82, 2.24) is 4.98 Å². The highest BCUT2D eigenvalue weighted by atomic mass is 35.5. The summed E-state index contributed by atoms with van der Waals surface area (Å²) in [7, 11) is 0. The number of pyridine rings is 1. The summed E-state index contributed by atoms with van der Waals surface area (Å²) in [5, 5.41) is 5.36. The van der Waals surface area contributed by atoms with E-state index in [9.17, 15) is 4.79 Å². The van der Waals surface area contributed by atoms with Gasteiger partial charge in [-0.05, 0) is 49.7 Å². The molecule has 0 spiro atoms. The van der Waals surface area contributed by atoms with E-state index in [1.807, 2.05) is 31.2 Å². The average Bonchev–Trinajstić information content (AvgIpc) is 2.55. The Kier molecular flexibility index (Phi) is 5.07. The smallest absolute Gasteiger partial charge is 0.234 e. The first kappa shape index (κ1) is 16.8. The Morgan fingerprint density at radius 2 is 1.96 bits per heavy atom. The van der Waals surface area contributed by atoms with Crippen LogP contribution in [0.1, 0.15) is 11.1 Å². The average molecular weight is 357 g/mol. The lowest BCUT2D eigenvalue weighted by Gasteiger charge is -2.09. The number of nitrogens with one attached hydrogen (secondary N) is 1. The van der Waals surface area contributed by atoms with Crippen LogP contribution in [-0.2, 0) is 4.79 Å². The minimum atomic E-state index is -0.0988. The Balaban J connectivity index is 1.71. The molecule has 0 saturated heterocycles. The molecule has 3 aromatic rings. The molecule has 0 radical (unpaired) electrons. The highest BCUT2D eigenvalue weighted by Gasteiger charge is 2.09. The van der Waals surface area contributed by atoms with Gasteiger partial charge in [0.05, 0.1) is 22.0 Å². The van der Waals surface area contributed by atoms with Crippen molar-refractivity contribution in [2.45, 2.75) is 18.9 Å². The monoisotopic (exact) mass is 356 g/mol. The fraction of sp³-hybridized carbons (Fsp3) is 0.158. The van der Waals surface area contributed by atoms with E-state index in [0.717, 1.165) is 21.5 Å². The van der Waals surface area contributed by atoms with Gasteiger partial charge in [0, 0.05) is 5.39 Å². The van der Waals surface area contributed by atoms with Gasteiger partial charge in [-0.1, -0.05) is 47.1 Å². The summed E-state index contributed by atoms with van der Waals surface area (Å²) in [5.41, 5.74) is 3.86. The second-order valence-electron chi connectivity index (χ2n) is 5.62. The molecular weight excluding hydrogens is 340 g/mol. The summed E-state index contributed by atoms with van der Waals surface area (Å²) < 4.78 is 0. The lowest BCUT2D eigenvalue weighted by Crippen LogP contribution is -2.14. The number of rotatable bonds is 4. The lowest BCUT2D eigenvalue weighted by atomic mass is 10.1. The minimum absolute atomic E-state index is 0.0988. The molecule has 0 fully saturated rings. The summed E-state index contributed by atoms with van der Waals surface area (Å²) in [6, 6.07) is 15.5. The fourth-order valence-corrected chi connectivity index (χ4v) is 3.39. The van der Waals surface area contributed by atoms with Gasteiger partial charge in [0.2, 0.25) is 5.91 Å². The maximum absolute atomic E-state index is 12.1. The third-order valence-corrected chi connectivity index (χ3v) is 5.03. The van der Waals surface area contributed by atoms with Crippen LogP contribution in [0.4, 0.5) is 5.69 Å². The van der Waals surface area contributed by atoms with Gasteiger partial charge >= 0.3 is 0 Å². The minimum Gasteiger partial charge on any atom is -0.324 e. The molecule has 2 aromatic carbocycles. The Labute approximate surface area is 150 Å². The third-order valence-electron chi connectivity index (χ3n) is 3.60. The van der Waals surface area contributed by atoms with E-state index in [0.29, 0.717) is 10.7 Å². The molecule has 1 heterocycles. The summed E-state index contributed by atoms with van der Waals surface area (Å²) in [4.78, 5) is 16.8. The zero-order valence-electron chi connectivity index (χ0n) is 13.5. The van der Waals surface area contributed by atoms with E-state index < -0.39 is 0 Å².